The minimum atomic E-state index is -3.49. The van der Waals surface area contributed by atoms with E-state index in [1.165, 1.54) is 15.6 Å². The maximum Gasteiger partial charge on any atom is 0.262 e. The zero-order valence-electron chi connectivity index (χ0n) is 15.4. The molecule has 11 heteroatoms. The van der Waals surface area contributed by atoms with Crippen LogP contribution in [-0.2, 0) is 19.6 Å². The highest BCUT2D eigenvalue weighted by atomic mass is 79.9. The van der Waals surface area contributed by atoms with Crippen molar-refractivity contribution in [3.63, 3.8) is 0 Å². The zero-order valence-corrected chi connectivity index (χ0v) is 18.6. The quantitative estimate of drug-likeness (QED) is 0.608. The van der Waals surface area contributed by atoms with E-state index in [1.54, 1.807) is 19.1 Å². The predicted molar refractivity (Wildman–Crippen MR) is 107 cm³/mol. The number of nitrogens with one attached hydrogen (secondary N) is 2. The minimum absolute atomic E-state index is 0.0218. The third-order valence-corrected chi connectivity index (χ3v) is 7.40. The summed E-state index contributed by atoms with van der Waals surface area (Å²) in [5.74, 6) is -0.980. The van der Waals surface area contributed by atoms with Crippen LogP contribution in [0.1, 0.15) is 30.4 Å². The van der Waals surface area contributed by atoms with Crippen molar-refractivity contribution in [1.29, 1.82) is 0 Å². The highest BCUT2D eigenvalue weighted by Gasteiger charge is 2.30. The van der Waals surface area contributed by atoms with Gasteiger partial charge in [-0.1, -0.05) is 0 Å². The molecule has 1 fully saturated rings. The molecule has 0 spiro atoms. The number of hydrogen-bond donors (Lipinski definition) is 2. The summed E-state index contributed by atoms with van der Waals surface area (Å²) in [6.07, 6.45) is -0.323. The SMILES string of the molecule is CC1CN(S(=O)(=O)CCNC(=O)C(C)NC(=O)c2ccc(Br)s2)CC(C)O1. The van der Waals surface area contributed by atoms with Crippen LogP contribution in [0.5, 0.6) is 0 Å². The maximum absolute atomic E-state index is 12.4. The van der Waals surface area contributed by atoms with Gasteiger partial charge in [0.15, 0.2) is 0 Å². The molecule has 2 N–H and O–H groups in total. The number of ether oxygens (including phenoxy) is 1. The van der Waals surface area contributed by atoms with Gasteiger partial charge >= 0.3 is 0 Å². The van der Waals surface area contributed by atoms with Crippen LogP contribution < -0.4 is 10.6 Å². The summed E-state index contributed by atoms with van der Waals surface area (Å²) < 4.78 is 32.6. The van der Waals surface area contributed by atoms with Crippen molar-refractivity contribution in [1.82, 2.24) is 14.9 Å². The highest BCUT2D eigenvalue weighted by molar-refractivity contribution is 9.11. The van der Waals surface area contributed by atoms with Crippen LogP contribution in [0, 0.1) is 0 Å². The van der Waals surface area contributed by atoms with Gasteiger partial charge in [-0.25, -0.2) is 8.42 Å². The second-order valence-corrected chi connectivity index (χ2v) is 11.0. The van der Waals surface area contributed by atoms with Crippen LogP contribution >= 0.6 is 27.3 Å². The number of sulfonamides is 1. The van der Waals surface area contributed by atoms with Crippen molar-refractivity contribution in [2.24, 2.45) is 0 Å². The molecule has 1 saturated heterocycles. The fourth-order valence-electron chi connectivity index (χ4n) is 2.71. The maximum atomic E-state index is 12.4. The Kier molecular flexibility index (Phi) is 7.81. The topological polar surface area (TPSA) is 105 Å². The van der Waals surface area contributed by atoms with Crippen molar-refractivity contribution in [2.45, 2.75) is 39.0 Å². The van der Waals surface area contributed by atoms with Gasteiger partial charge in [0.05, 0.1) is 26.6 Å². The average molecular weight is 482 g/mol. The molecular weight excluding hydrogens is 458 g/mol. The fourth-order valence-corrected chi connectivity index (χ4v) is 5.49. The van der Waals surface area contributed by atoms with Crippen molar-refractivity contribution in [3.05, 3.63) is 20.8 Å². The van der Waals surface area contributed by atoms with E-state index >= 15 is 0 Å². The molecule has 1 aliphatic rings. The lowest BCUT2D eigenvalue weighted by atomic mass is 10.3. The molecule has 0 saturated carbocycles. The van der Waals surface area contributed by atoms with E-state index in [0.717, 1.165) is 3.79 Å². The van der Waals surface area contributed by atoms with Crippen LogP contribution in [0.25, 0.3) is 0 Å². The molecule has 2 heterocycles. The first kappa shape index (κ1) is 22.3. The Labute approximate surface area is 171 Å². The lowest BCUT2D eigenvalue weighted by molar-refractivity contribution is -0.122. The minimum Gasteiger partial charge on any atom is -0.373 e. The van der Waals surface area contributed by atoms with Gasteiger partial charge in [-0.3, -0.25) is 9.59 Å². The van der Waals surface area contributed by atoms with Gasteiger partial charge in [-0.05, 0) is 48.8 Å². The monoisotopic (exact) mass is 481 g/mol. The standard InChI is InChI=1S/C16H24BrN3O5S2/c1-10-8-20(9-11(2)25-10)27(23,24)7-6-18-15(21)12(3)19-16(22)13-4-5-14(17)26-13/h4-5,10-12H,6-9H2,1-3H3,(H,18,21)(H,19,22). The zero-order chi connectivity index (χ0) is 20.2. The molecule has 0 radical (unpaired) electrons. The first-order valence-electron chi connectivity index (χ1n) is 8.55. The van der Waals surface area contributed by atoms with Crippen LogP contribution in [0.3, 0.4) is 0 Å². The number of thiophene rings is 1. The Morgan fingerprint density at radius 3 is 2.52 bits per heavy atom. The number of amides is 2. The summed E-state index contributed by atoms with van der Waals surface area (Å²) in [6, 6.07) is 2.64. The van der Waals surface area contributed by atoms with Crippen molar-refractivity contribution >= 4 is 49.1 Å². The summed E-state index contributed by atoms with van der Waals surface area (Å²) in [5, 5.41) is 5.16. The molecule has 27 heavy (non-hydrogen) atoms. The molecule has 152 valence electrons. The van der Waals surface area contributed by atoms with Crippen molar-refractivity contribution in [3.8, 4) is 0 Å². The molecule has 0 bridgehead atoms. The first-order chi connectivity index (χ1) is 12.6. The van der Waals surface area contributed by atoms with E-state index < -0.39 is 22.0 Å². The van der Waals surface area contributed by atoms with E-state index in [1.807, 2.05) is 13.8 Å². The summed E-state index contributed by atoms with van der Waals surface area (Å²) in [7, 11) is -3.49. The third kappa shape index (κ3) is 6.53. The van der Waals surface area contributed by atoms with Crippen molar-refractivity contribution < 1.29 is 22.7 Å². The molecule has 2 amide bonds. The molecule has 3 unspecified atom stereocenters. The van der Waals surface area contributed by atoms with Crippen LogP contribution in [-0.4, -0.2) is 68.2 Å². The second kappa shape index (κ2) is 9.46. The van der Waals surface area contributed by atoms with Crippen LogP contribution in [0.4, 0.5) is 0 Å². The molecule has 1 aromatic heterocycles. The number of halogens is 1. The Hall–Kier alpha value is -1.01. The number of nitrogens with zero attached hydrogens (tertiary/aromatic N) is 1. The molecule has 0 aromatic carbocycles. The number of hydrogen-bond acceptors (Lipinski definition) is 6. The molecule has 2 rings (SSSR count). The lowest BCUT2D eigenvalue weighted by Gasteiger charge is -2.34. The van der Waals surface area contributed by atoms with Gasteiger partial charge in [0.2, 0.25) is 15.9 Å². The molecule has 0 aliphatic carbocycles. The van der Waals surface area contributed by atoms with Crippen LogP contribution in [0.2, 0.25) is 0 Å². The first-order valence-corrected chi connectivity index (χ1v) is 11.8. The Morgan fingerprint density at radius 1 is 1.33 bits per heavy atom. The summed E-state index contributed by atoms with van der Waals surface area (Å²) in [4.78, 5) is 24.7. The average Bonchev–Trinajstić information content (AvgIpc) is 3.00. The summed E-state index contributed by atoms with van der Waals surface area (Å²) >= 11 is 4.54. The molecule has 1 aromatic rings. The van der Waals surface area contributed by atoms with E-state index in [2.05, 4.69) is 26.6 Å². The Morgan fingerprint density at radius 2 is 1.96 bits per heavy atom. The van der Waals surface area contributed by atoms with Gasteiger partial charge in [0.25, 0.3) is 5.91 Å². The molecular formula is C16H24BrN3O5S2. The smallest absolute Gasteiger partial charge is 0.262 e. The third-order valence-electron chi connectivity index (χ3n) is 3.98. The van der Waals surface area contributed by atoms with Crippen molar-refractivity contribution in [2.75, 3.05) is 25.4 Å². The largest absolute Gasteiger partial charge is 0.373 e. The lowest BCUT2D eigenvalue weighted by Crippen LogP contribution is -2.50. The highest BCUT2D eigenvalue weighted by Crippen LogP contribution is 2.21. The number of morpholine rings is 1. The Balaban J connectivity index is 1.79. The predicted octanol–water partition coefficient (Wildman–Crippen LogP) is 1.18. The normalized spacial score (nSPS) is 22.2. The van der Waals surface area contributed by atoms with E-state index in [9.17, 15) is 18.0 Å². The van der Waals surface area contributed by atoms with Gasteiger partial charge in [0, 0.05) is 19.6 Å². The Bertz CT molecular complexity index is 773. The van der Waals surface area contributed by atoms with E-state index in [4.69, 9.17) is 4.74 Å². The van der Waals surface area contributed by atoms with E-state index in [-0.39, 0.29) is 30.4 Å². The molecule has 1 aliphatic heterocycles. The number of rotatable bonds is 7. The number of carbonyl (C=O) groups is 2. The summed E-state index contributed by atoms with van der Waals surface area (Å²) in [5.41, 5.74) is 0. The van der Waals surface area contributed by atoms with Crippen LogP contribution in [0.15, 0.2) is 15.9 Å². The van der Waals surface area contributed by atoms with Gasteiger partial charge in [-0.15, -0.1) is 11.3 Å². The van der Waals surface area contributed by atoms with Gasteiger partial charge < -0.3 is 15.4 Å². The second-order valence-electron chi connectivity index (χ2n) is 6.48. The van der Waals surface area contributed by atoms with E-state index in [0.29, 0.717) is 18.0 Å². The fraction of sp³-hybridized carbons (Fsp3) is 0.625. The van der Waals surface area contributed by atoms with Gasteiger partial charge in [0.1, 0.15) is 6.04 Å². The molecule has 3 atom stereocenters. The number of carbonyl (C=O) groups excluding carboxylic acids is 2. The van der Waals surface area contributed by atoms with Gasteiger partial charge in [-0.2, -0.15) is 4.31 Å². The summed E-state index contributed by atoms with van der Waals surface area (Å²) in [6.45, 7) is 5.81. The molecule has 8 nitrogen and oxygen atoms in total.